The molecule has 1 heterocycles. The SMILES string of the molecule is CCOc1c(NCC(Nc2ccc(Nc3nc(NC4(c5ccc(Cl)cc5)CC4)nc(OCC(F)(F)F)n3)cc2)C(=O)OC)c(=O)c1=O. The van der Waals surface area contributed by atoms with Crippen LogP contribution in [0, 0.1) is 0 Å². The summed E-state index contributed by atoms with van der Waals surface area (Å²) in [6.07, 6.45) is -3.14. The molecule has 4 aromatic rings. The average Bonchev–Trinajstić information content (AvgIpc) is 3.83. The molecule has 1 fully saturated rings. The summed E-state index contributed by atoms with van der Waals surface area (Å²) in [5.74, 6) is -0.799. The van der Waals surface area contributed by atoms with Gasteiger partial charge in [-0.2, -0.15) is 28.1 Å². The molecule has 5 rings (SSSR count). The first-order valence-corrected chi connectivity index (χ1v) is 14.7. The van der Waals surface area contributed by atoms with Crippen molar-refractivity contribution in [2.24, 2.45) is 0 Å². The lowest BCUT2D eigenvalue weighted by Crippen LogP contribution is -2.41. The van der Waals surface area contributed by atoms with E-state index in [1.807, 2.05) is 12.1 Å². The fraction of sp³-hybridized carbons (Fsp3) is 0.333. The number of esters is 1. The molecule has 1 aliphatic rings. The summed E-state index contributed by atoms with van der Waals surface area (Å²) in [6.45, 7) is 0.161. The molecule has 0 bridgehead atoms. The smallest absolute Gasteiger partial charge is 0.422 e. The van der Waals surface area contributed by atoms with Crippen molar-refractivity contribution in [2.75, 3.05) is 48.1 Å². The van der Waals surface area contributed by atoms with Gasteiger partial charge in [0.15, 0.2) is 12.4 Å². The van der Waals surface area contributed by atoms with Gasteiger partial charge in [-0.05, 0) is 61.7 Å². The summed E-state index contributed by atoms with van der Waals surface area (Å²) < 4.78 is 53.6. The van der Waals surface area contributed by atoms with Crippen LogP contribution in [-0.2, 0) is 15.1 Å². The van der Waals surface area contributed by atoms with Crippen LogP contribution in [0.15, 0.2) is 58.1 Å². The number of carbonyl (C=O) groups is 1. The van der Waals surface area contributed by atoms with Crippen LogP contribution < -0.4 is 41.6 Å². The van der Waals surface area contributed by atoms with Gasteiger partial charge in [0.1, 0.15) is 11.7 Å². The van der Waals surface area contributed by atoms with E-state index in [1.165, 1.54) is 7.11 Å². The molecule has 0 spiro atoms. The summed E-state index contributed by atoms with van der Waals surface area (Å²) in [5.41, 5.74) is -0.178. The lowest BCUT2D eigenvalue weighted by Gasteiger charge is -2.20. The summed E-state index contributed by atoms with van der Waals surface area (Å²) in [4.78, 5) is 48.5. The number of halogens is 4. The van der Waals surface area contributed by atoms with Crippen LogP contribution in [-0.4, -0.2) is 60.0 Å². The molecular weight excluding hydrogens is 647 g/mol. The monoisotopic (exact) mass is 675 g/mol. The second-order valence-corrected chi connectivity index (χ2v) is 10.9. The predicted molar refractivity (Wildman–Crippen MR) is 168 cm³/mol. The molecule has 0 amide bonds. The minimum atomic E-state index is -4.61. The van der Waals surface area contributed by atoms with Crippen LogP contribution in [0.25, 0.3) is 0 Å². The van der Waals surface area contributed by atoms with Crippen LogP contribution in [0.4, 0.5) is 42.1 Å². The van der Waals surface area contributed by atoms with Crippen molar-refractivity contribution in [1.82, 2.24) is 15.0 Å². The van der Waals surface area contributed by atoms with Crippen molar-refractivity contribution in [3.63, 3.8) is 0 Å². The Balaban J connectivity index is 1.29. The average molecular weight is 676 g/mol. The molecule has 0 aliphatic heterocycles. The van der Waals surface area contributed by atoms with Gasteiger partial charge in [-0.25, -0.2) is 4.79 Å². The van der Waals surface area contributed by atoms with E-state index >= 15 is 0 Å². The highest BCUT2D eigenvalue weighted by atomic mass is 35.5. The van der Waals surface area contributed by atoms with Crippen molar-refractivity contribution in [1.29, 1.82) is 0 Å². The fourth-order valence-electron chi connectivity index (χ4n) is 4.61. The van der Waals surface area contributed by atoms with Gasteiger partial charge < -0.3 is 35.5 Å². The number of nitrogens with zero attached hydrogens (tertiary/aromatic N) is 3. The van der Waals surface area contributed by atoms with Gasteiger partial charge >= 0.3 is 18.2 Å². The Morgan fingerprint density at radius 3 is 2.23 bits per heavy atom. The molecular formula is C30H29ClF3N7O6. The highest BCUT2D eigenvalue weighted by Crippen LogP contribution is 2.48. The van der Waals surface area contributed by atoms with Gasteiger partial charge in [0.2, 0.25) is 11.9 Å². The maximum atomic E-state index is 12.9. The third-order valence-electron chi connectivity index (χ3n) is 7.08. The minimum absolute atomic E-state index is 0.00749. The van der Waals surface area contributed by atoms with E-state index in [0.29, 0.717) is 16.4 Å². The topological polar surface area (TPSA) is 166 Å². The highest BCUT2D eigenvalue weighted by molar-refractivity contribution is 6.30. The fourth-order valence-corrected chi connectivity index (χ4v) is 4.73. The Bertz CT molecular complexity index is 1790. The van der Waals surface area contributed by atoms with Crippen molar-refractivity contribution >= 4 is 46.5 Å². The summed E-state index contributed by atoms with van der Waals surface area (Å²) >= 11 is 6.02. The molecule has 17 heteroatoms. The quantitative estimate of drug-likeness (QED) is 0.104. The first-order chi connectivity index (χ1) is 22.4. The zero-order chi connectivity index (χ0) is 33.8. The molecule has 47 heavy (non-hydrogen) atoms. The molecule has 248 valence electrons. The van der Waals surface area contributed by atoms with Gasteiger partial charge in [0, 0.05) is 22.9 Å². The molecule has 1 unspecified atom stereocenters. The maximum Gasteiger partial charge on any atom is 0.422 e. The molecule has 1 aliphatic carbocycles. The van der Waals surface area contributed by atoms with Crippen LogP contribution in [0.2, 0.25) is 5.02 Å². The Morgan fingerprint density at radius 1 is 0.957 bits per heavy atom. The standard InChI is InChI=1S/C30H29ClF3N7O6/c1-3-46-24-21(22(42)23(24)43)35-14-20(25(44)45-2)36-18-8-10-19(11-9-18)37-26-38-27(40-28(39-26)47-15-30(32,33)34)41-29(12-13-29)16-4-6-17(31)7-5-16/h4-11,20,35-36H,3,12-15H2,1-2H3,(H2,37,38,39,40,41). The Kier molecular flexibility index (Phi) is 9.69. The number of nitrogens with one attached hydrogen (secondary N) is 4. The Morgan fingerprint density at radius 2 is 1.62 bits per heavy atom. The summed E-state index contributed by atoms with van der Waals surface area (Å²) in [5, 5.41) is 12.5. The summed E-state index contributed by atoms with van der Waals surface area (Å²) in [6, 6.07) is 12.1. The molecule has 4 N–H and O–H groups in total. The van der Waals surface area contributed by atoms with Gasteiger partial charge in [-0.1, -0.05) is 23.7 Å². The number of aromatic nitrogens is 3. The molecule has 0 saturated heterocycles. The van der Waals surface area contributed by atoms with E-state index in [0.717, 1.165) is 18.4 Å². The molecule has 1 atom stereocenters. The molecule has 1 saturated carbocycles. The second kappa shape index (κ2) is 13.7. The van der Waals surface area contributed by atoms with E-state index in [-0.39, 0.29) is 36.5 Å². The van der Waals surface area contributed by atoms with Crippen LogP contribution >= 0.6 is 11.6 Å². The Hall–Kier alpha value is -5.12. The second-order valence-electron chi connectivity index (χ2n) is 10.5. The number of carbonyl (C=O) groups excluding carboxylic acids is 1. The van der Waals surface area contributed by atoms with Gasteiger partial charge in [0.05, 0.1) is 19.3 Å². The van der Waals surface area contributed by atoms with Crippen LogP contribution in [0.3, 0.4) is 0 Å². The maximum absolute atomic E-state index is 12.9. The van der Waals surface area contributed by atoms with E-state index in [9.17, 15) is 27.6 Å². The van der Waals surface area contributed by atoms with Crippen molar-refractivity contribution < 1.29 is 32.2 Å². The number of hydrogen-bond donors (Lipinski definition) is 4. The van der Waals surface area contributed by atoms with Gasteiger partial charge in [0.25, 0.3) is 10.9 Å². The molecule has 0 radical (unpaired) electrons. The number of methoxy groups -OCH3 is 1. The van der Waals surface area contributed by atoms with Gasteiger partial charge in [-0.15, -0.1) is 0 Å². The molecule has 13 nitrogen and oxygen atoms in total. The molecule has 1 aromatic heterocycles. The predicted octanol–water partition coefficient (Wildman–Crippen LogP) is 4.37. The zero-order valence-electron chi connectivity index (χ0n) is 25.0. The third kappa shape index (κ3) is 8.19. The largest absolute Gasteiger partial charge is 0.488 e. The Labute approximate surface area is 270 Å². The number of alkyl halides is 3. The first-order valence-electron chi connectivity index (χ1n) is 14.3. The molecule has 3 aromatic carbocycles. The highest BCUT2D eigenvalue weighted by Gasteiger charge is 2.45. The van der Waals surface area contributed by atoms with Crippen molar-refractivity contribution in [3.05, 3.63) is 79.6 Å². The van der Waals surface area contributed by atoms with Crippen molar-refractivity contribution in [3.8, 4) is 11.8 Å². The number of ether oxygens (including phenoxy) is 3. The normalized spacial score (nSPS) is 14.2. The third-order valence-corrected chi connectivity index (χ3v) is 7.34. The number of anilines is 5. The van der Waals surface area contributed by atoms with Gasteiger partial charge in [-0.3, -0.25) is 9.59 Å². The number of hydrogen-bond acceptors (Lipinski definition) is 13. The minimum Gasteiger partial charge on any atom is -0.488 e. The number of rotatable bonds is 15. The lowest BCUT2D eigenvalue weighted by atomic mass is 10.1. The zero-order valence-corrected chi connectivity index (χ0v) is 25.8. The van der Waals surface area contributed by atoms with E-state index < -0.39 is 47.2 Å². The van der Waals surface area contributed by atoms with Crippen molar-refractivity contribution in [2.45, 2.75) is 37.5 Å². The summed E-state index contributed by atoms with van der Waals surface area (Å²) in [7, 11) is 1.21. The lowest BCUT2D eigenvalue weighted by molar-refractivity contribution is -0.154. The van der Waals surface area contributed by atoms with E-state index in [4.69, 9.17) is 25.8 Å². The first kappa shape index (κ1) is 33.2. The van der Waals surface area contributed by atoms with E-state index in [1.54, 1.807) is 43.3 Å². The van der Waals surface area contributed by atoms with Crippen LogP contribution in [0.5, 0.6) is 11.8 Å². The number of benzene rings is 2. The van der Waals surface area contributed by atoms with Crippen LogP contribution in [0.1, 0.15) is 25.3 Å². The van der Waals surface area contributed by atoms with E-state index in [2.05, 4.69) is 36.2 Å².